The lowest BCUT2D eigenvalue weighted by Crippen LogP contribution is -2.33. The van der Waals surface area contributed by atoms with E-state index in [1.165, 1.54) is 31.8 Å². The van der Waals surface area contributed by atoms with Gasteiger partial charge in [-0.3, -0.25) is 18.9 Å². The number of rotatable bonds is 15. The van der Waals surface area contributed by atoms with Gasteiger partial charge in [-0.2, -0.15) is 15.8 Å². The zero-order chi connectivity index (χ0) is 70.8. The van der Waals surface area contributed by atoms with Crippen molar-refractivity contribution in [3.8, 4) is 18.2 Å². The maximum absolute atomic E-state index is 14.2. The number of nitrogens with one attached hydrogen (secondary N) is 3. The molecule has 3 heterocycles. The zero-order valence-corrected chi connectivity index (χ0v) is 61.3. The van der Waals surface area contributed by atoms with Gasteiger partial charge in [0.25, 0.3) is 25.1 Å². The molecule has 96 heavy (non-hydrogen) atoms. The first-order chi connectivity index (χ1) is 45.3. The van der Waals surface area contributed by atoms with Crippen LogP contribution in [0.5, 0.6) is 0 Å². The molecule has 1 fully saturated rings. The third-order valence-electron chi connectivity index (χ3n) is 16.6. The number of allylic oxidation sites excluding steroid dienone is 3. The standard InChI is InChI=1S/C21H19ClN3O3P.C21H19ClN3O2P.C20H27NO2P.C10H8BrClN2O/c1-12-9-14(5-4-8-23)11-15(10-12)29(27,28-3)20-18-13(2)16(22)6-7-17(18)25-19(20)21(24)26;1-12-9-14(5-4-8-23)11-15(10-12)28(3,27)20-18-13(2)16(22)6-7-17(18)25-19(20)21(24)26;1-14(2)19-8-7-15(3)12-20(19)23-24(22)18-11-16(4)10-17(13-18)6-5-9-21;1-4-5(12)2-3-6-7(4)8(11)9(14-6)10(13)15/h4-7,9-11,25H,1-3H3,(H2,24,26);4-7,9-11,25H,1-3H3,(H2,24,26);5-6,10-11,13-15,19-20H,7-8,12H2,1-4H3;2-3,14H,1H3,(H2,13,15)/q;;+1;/b2*5-4+;6-5+;/t29-;28-;;/m01../s1. The SMILES string of the molecule is CO[P@@](=O)(c1cc(C)cc(/C=C/C#N)c1)c1c(C(N)=O)[nH]c2ccc(Cl)c(C)c12.Cc1c(Cl)ccc2[nH]c(C(N)=O)c(Br)c12.Cc1cc(/C=C/C#N)cc([P+](=O)OC2CC(C)CCC2C(C)C)c1.Cc1cc(/C=C/C#N)cc([P@@](C)(=O)c2c(C(N)=O)[nH]c3ccc(Cl)c(C)c23)c1. The number of nitrogens with zero attached hydrogens (tertiary/aromatic N) is 3. The van der Waals surface area contributed by atoms with Crippen LogP contribution in [0.1, 0.15) is 122 Å². The maximum atomic E-state index is 14.2. The van der Waals surface area contributed by atoms with Crippen LogP contribution in [-0.4, -0.2) is 52.6 Å². The highest BCUT2D eigenvalue weighted by Crippen LogP contribution is 2.49. The second-order valence-electron chi connectivity index (χ2n) is 24.0. The molecule has 3 aromatic heterocycles. The number of aromatic nitrogens is 3. The van der Waals surface area contributed by atoms with Gasteiger partial charge in [0.2, 0.25) is 5.30 Å². The minimum Gasteiger partial charge on any atom is -0.364 e. The van der Waals surface area contributed by atoms with E-state index < -0.39 is 40.3 Å². The van der Waals surface area contributed by atoms with E-state index in [1.807, 2.05) is 95.3 Å². The Labute approximate surface area is 582 Å². The third-order valence-corrected chi connectivity index (χ3v) is 24.8. The van der Waals surface area contributed by atoms with Gasteiger partial charge in [0.1, 0.15) is 30.3 Å². The van der Waals surface area contributed by atoms with Gasteiger partial charge in [0.15, 0.2) is 0 Å². The van der Waals surface area contributed by atoms with Gasteiger partial charge in [0, 0.05) is 89.8 Å². The number of aryl methyl sites for hydroxylation is 6. The molecule has 6 aromatic carbocycles. The van der Waals surface area contributed by atoms with Crippen LogP contribution in [0.25, 0.3) is 50.9 Å². The molecule has 17 nitrogen and oxygen atoms in total. The fourth-order valence-electron chi connectivity index (χ4n) is 11.9. The van der Waals surface area contributed by atoms with Crippen molar-refractivity contribution in [3.05, 3.63) is 196 Å². The summed E-state index contributed by atoms with van der Waals surface area (Å²) in [6, 6.07) is 32.8. The molecule has 10 rings (SSSR count). The number of amides is 3. The average molecular weight is 1470 g/mol. The zero-order valence-electron chi connectivity index (χ0n) is 54.7. The Morgan fingerprint density at radius 1 is 0.615 bits per heavy atom. The van der Waals surface area contributed by atoms with Gasteiger partial charge in [-0.1, -0.05) is 80.2 Å². The van der Waals surface area contributed by atoms with Crippen molar-refractivity contribution in [3.63, 3.8) is 0 Å². The molecule has 4 unspecified atom stereocenters. The van der Waals surface area contributed by atoms with Crippen molar-refractivity contribution in [2.24, 2.45) is 35.0 Å². The van der Waals surface area contributed by atoms with Gasteiger partial charge in [0.05, 0.1) is 33.3 Å². The summed E-state index contributed by atoms with van der Waals surface area (Å²) < 4.78 is 53.4. The number of carbonyl (C=O) groups excluding carboxylic acids is 3. The molecule has 6 atom stereocenters. The van der Waals surface area contributed by atoms with Gasteiger partial charge in [-0.25, -0.2) is 0 Å². The quantitative estimate of drug-likeness (QED) is 0.0414. The lowest BCUT2D eigenvalue weighted by Gasteiger charge is -2.33. The summed E-state index contributed by atoms with van der Waals surface area (Å²) in [6.07, 6.45) is 12.6. The Hall–Kier alpha value is -8.13. The Morgan fingerprint density at radius 2 is 1.02 bits per heavy atom. The number of hydrogen-bond acceptors (Lipinski definition) is 11. The van der Waals surface area contributed by atoms with Crippen molar-refractivity contribution in [2.45, 2.75) is 87.7 Å². The van der Waals surface area contributed by atoms with E-state index in [9.17, 15) is 28.1 Å². The van der Waals surface area contributed by atoms with Crippen LogP contribution in [0.15, 0.2) is 114 Å². The second-order valence-corrected chi connectivity index (χ2v) is 32.5. The summed E-state index contributed by atoms with van der Waals surface area (Å²) in [5.41, 5.74) is 26.4. The number of fused-ring (bicyclic) bond motifs is 3. The van der Waals surface area contributed by atoms with Crippen LogP contribution < -0.4 is 43.7 Å². The number of carbonyl (C=O) groups is 3. The topological polar surface area (TPSA) is 318 Å². The van der Waals surface area contributed by atoms with Crippen LogP contribution in [0.2, 0.25) is 15.1 Å². The number of nitrogens with two attached hydrogens (primary N) is 3. The van der Waals surface area contributed by atoms with Gasteiger partial charge in [-0.05, 0) is 234 Å². The van der Waals surface area contributed by atoms with Crippen LogP contribution in [0, 0.1) is 93.3 Å². The number of primary amides is 3. The van der Waals surface area contributed by atoms with Crippen LogP contribution in [-0.2, 0) is 22.7 Å². The van der Waals surface area contributed by atoms with Crippen molar-refractivity contribution in [2.75, 3.05) is 13.8 Å². The first kappa shape index (κ1) is 75.3. The molecular weight excluding hydrogens is 1400 g/mol. The maximum Gasteiger partial charge on any atom is 0.549 e. The van der Waals surface area contributed by atoms with E-state index >= 15 is 0 Å². The van der Waals surface area contributed by atoms with E-state index in [2.05, 4.69) is 51.7 Å². The van der Waals surface area contributed by atoms with E-state index in [0.29, 0.717) is 97.1 Å². The average Bonchev–Trinajstić information content (AvgIpc) is 1.54. The number of H-pyrrole nitrogens is 3. The van der Waals surface area contributed by atoms with E-state index in [4.69, 9.17) is 76.8 Å². The Kier molecular flexibility index (Phi) is 25.3. The molecule has 1 aliphatic carbocycles. The fraction of sp³-hybridized carbons (Fsp3) is 0.250. The largest absolute Gasteiger partial charge is 0.549 e. The molecule has 0 bridgehead atoms. The molecule has 1 aliphatic rings. The Bertz CT molecular complexity index is 4890. The van der Waals surface area contributed by atoms with Gasteiger partial charge >= 0.3 is 8.03 Å². The minimum absolute atomic E-state index is 0.0196. The second kappa shape index (κ2) is 32.3. The molecule has 9 N–H and O–H groups in total. The molecular formula is C72H73BrCl3N9O8P3+. The predicted octanol–water partition coefficient (Wildman–Crippen LogP) is 16.3. The third kappa shape index (κ3) is 17.0. The molecule has 3 amide bonds. The van der Waals surface area contributed by atoms with Crippen molar-refractivity contribution < 1.29 is 37.1 Å². The van der Waals surface area contributed by atoms with Crippen LogP contribution in [0.4, 0.5) is 0 Å². The van der Waals surface area contributed by atoms with E-state index in [1.54, 1.807) is 80.3 Å². The van der Waals surface area contributed by atoms with Crippen molar-refractivity contribution in [1.82, 2.24) is 15.0 Å². The molecule has 0 spiro atoms. The highest BCUT2D eigenvalue weighted by molar-refractivity contribution is 9.10. The number of benzene rings is 6. The normalized spacial score (nSPS) is 16.0. The van der Waals surface area contributed by atoms with Gasteiger partial charge in [-0.15, -0.1) is 4.52 Å². The van der Waals surface area contributed by atoms with E-state index in [-0.39, 0.29) is 22.8 Å². The lowest BCUT2D eigenvalue weighted by atomic mass is 9.75. The monoisotopic (exact) mass is 1470 g/mol. The lowest BCUT2D eigenvalue weighted by molar-refractivity contribution is 0.0538. The number of nitriles is 3. The summed E-state index contributed by atoms with van der Waals surface area (Å²) in [6.45, 7) is 19.5. The van der Waals surface area contributed by atoms with Crippen LogP contribution in [0.3, 0.4) is 0 Å². The first-order valence-corrected chi connectivity index (χ1v) is 37.1. The molecule has 24 heteroatoms. The fourth-order valence-corrected chi connectivity index (χ4v) is 19.2. The minimum atomic E-state index is -3.73. The highest BCUT2D eigenvalue weighted by Gasteiger charge is 2.40. The molecule has 496 valence electrons. The molecule has 1 saturated carbocycles. The van der Waals surface area contributed by atoms with Crippen molar-refractivity contribution >= 4 is 168 Å². The number of halogens is 4. The summed E-state index contributed by atoms with van der Waals surface area (Å²) in [5, 5.41) is 32.3. The number of aromatic amines is 3. The predicted molar refractivity (Wildman–Crippen MR) is 395 cm³/mol. The highest BCUT2D eigenvalue weighted by atomic mass is 79.9. The smallest absolute Gasteiger partial charge is 0.364 e. The molecule has 9 aromatic rings. The summed E-state index contributed by atoms with van der Waals surface area (Å²) in [5.74, 6) is -0.281. The first-order valence-electron chi connectivity index (χ1n) is 30.2. The van der Waals surface area contributed by atoms with Crippen molar-refractivity contribution in [1.29, 1.82) is 15.8 Å². The van der Waals surface area contributed by atoms with Gasteiger partial charge < -0.3 is 41.2 Å². The summed E-state index contributed by atoms with van der Waals surface area (Å²) >= 11 is 21.9. The summed E-state index contributed by atoms with van der Waals surface area (Å²) in [7, 11) is -7.51. The molecule has 0 saturated heterocycles. The molecule has 0 radical (unpaired) electrons. The van der Waals surface area contributed by atoms with E-state index in [0.717, 1.165) is 62.7 Å². The number of hydrogen-bond donors (Lipinski definition) is 6. The molecule has 0 aliphatic heterocycles. The van der Waals surface area contributed by atoms with Crippen LogP contribution >= 0.6 is 73.3 Å². The Balaban J connectivity index is 0.000000185. The Morgan fingerprint density at radius 3 is 1.48 bits per heavy atom. The summed E-state index contributed by atoms with van der Waals surface area (Å²) in [4.78, 5) is 44.4.